The van der Waals surface area contributed by atoms with Crippen molar-refractivity contribution in [3.05, 3.63) is 57.2 Å². The Bertz CT molecular complexity index is 690. The van der Waals surface area contributed by atoms with E-state index in [1.807, 2.05) is 0 Å². The molecule has 0 bridgehead atoms. The molecule has 0 spiro atoms. The summed E-state index contributed by atoms with van der Waals surface area (Å²) in [5, 5.41) is 18.2. The lowest BCUT2D eigenvalue weighted by Crippen LogP contribution is -2.11. The molecule has 0 atom stereocenters. The summed E-state index contributed by atoms with van der Waals surface area (Å²) >= 11 is 5.91. The number of hydrogen-bond acceptors (Lipinski definition) is 5. The Morgan fingerprint density at radius 3 is 2.80 bits per heavy atom. The minimum atomic E-state index is -0.553. The van der Waals surface area contributed by atoms with Gasteiger partial charge >= 0.3 is 0 Å². The zero-order valence-electron chi connectivity index (χ0n) is 10.0. The molecule has 1 aromatic heterocycles. The number of nitrogen functional groups attached to an aromatic ring is 1. The molecule has 0 saturated carbocycles. The maximum absolute atomic E-state index is 10.7. The van der Waals surface area contributed by atoms with Crippen molar-refractivity contribution in [3.63, 3.8) is 0 Å². The van der Waals surface area contributed by atoms with Crippen LogP contribution in [0.15, 0.2) is 36.5 Å². The zero-order chi connectivity index (χ0) is 14.7. The van der Waals surface area contributed by atoms with E-state index in [1.54, 1.807) is 6.07 Å². The highest BCUT2D eigenvalue weighted by Gasteiger charge is 2.12. The van der Waals surface area contributed by atoms with Crippen LogP contribution in [0.3, 0.4) is 0 Å². The SMILES string of the molecule is N=C(N)c1ccnc(Oc2cc([N+](=O)[O-])ccc2Cl)c1. The van der Waals surface area contributed by atoms with Crippen LogP contribution >= 0.6 is 11.6 Å². The summed E-state index contributed by atoms with van der Waals surface area (Å²) in [4.78, 5) is 14.1. The predicted octanol–water partition coefficient (Wildman–Crippen LogP) is 2.72. The highest BCUT2D eigenvalue weighted by Crippen LogP contribution is 2.32. The normalized spacial score (nSPS) is 10.1. The molecule has 0 radical (unpaired) electrons. The van der Waals surface area contributed by atoms with E-state index >= 15 is 0 Å². The summed E-state index contributed by atoms with van der Waals surface area (Å²) in [6.45, 7) is 0. The monoisotopic (exact) mass is 292 g/mol. The van der Waals surface area contributed by atoms with Gasteiger partial charge in [0.05, 0.1) is 16.0 Å². The largest absolute Gasteiger partial charge is 0.437 e. The molecule has 0 aliphatic heterocycles. The smallest absolute Gasteiger partial charge is 0.273 e. The van der Waals surface area contributed by atoms with Crippen molar-refractivity contribution in [3.8, 4) is 11.6 Å². The fourth-order valence-electron chi connectivity index (χ4n) is 1.43. The van der Waals surface area contributed by atoms with Crippen LogP contribution in [-0.2, 0) is 0 Å². The van der Waals surface area contributed by atoms with Crippen molar-refractivity contribution < 1.29 is 9.66 Å². The summed E-state index contributed by atoms with van der Waals surface area (Å²) in [6.07, 6.45) is 1.41. The summed E-state index contributed by atoms with van der Waals surface area (Å²) in [5.41, 5.74) is 5.64. The number of non-ortho nitro benzene ring substituents is 1. The molecule has 102 valence electrons. The van der Waals surface area contributed by atoms with Gasteiger partial charge in [0, 0.05) is 23.9 Å². The molecular formula is C12H9ClN4O3. The number of benzene rings is 1. The minimum Gasteiger partial charge on any atom is -0.437 e. The number of amidine groups is 1. The van der Waals surface area contributed by atoms with Gasteiger partial charge in [0.25, 0.3) is 5.69 Å². The third kappa shape index (κ3) is 3.01. The molecule has 7 nitrogen and oxygen atoms in total. The Morgan fingerprint density at radius 1 is 1.40 bits per heavy atom. The van der Waals surface area contributed by atoms with Crippen LogP contribution in [-0.4, -0.2) is 15.7 Å². The Morgan fingerprint density at radius 2 is 2.15 bits per heavy atom. The van der Waals surface area contributed by atoms with E-state index in [0.717, 1.165) is 0 Å². The number of nitrogens with one attached hydrogen (secondary N) is 1. The fraction of sp³-hybridized carbons (Fsp3) is 0. The molecule has 0 aliphatic carbocycles. The van der Waals surface area contributed by atoms with E-state index < -0.39 is 4.92 Å². The molecule has 2 rings (SSSR count). The van der Waals surface area contributed by atoms with Crippen molar-refractivity contribution in [2.24, 2.45) is 5.73 Å². The van der Waals surface area contributed by atoms with Crippen LogP contribution in [0, 0.1) is 15.5 Å². The van der Waals surface area contributed by atoms with Crippen LogP contribution in [0.25, 0.3) is 0 Å². The number of nitro groups is 1. The number of halogens is 1. The lowest BCUT2D eigenvalue weighted by molar-refractivity contribution is -0.384. The van der Waals surface area contributed by atoms with E-state index in [-0.39, 0.29) is 28.2 Å². The average Bonchev–Trinajstić information content (AvgIpc) is 2.41. The summed E-state index contributed by atoms with van der Waals surface area (Å²) < 4.78 is 5.39. The number of aromatic nitrogens is 1. The van der Waals surface area contributed by atoms with Crippen molar-refractivity contribution in [2.75, 3.05) is 0 Å². The molecule has 0 amide bonds. The number of ether oxygens (including phenoxy) is 1. The van der Waals surface area contributed by atoms with Crippen LogP contribution in [0.5, 0.6) is 11.6 Å². The first kappa shape index (κ1) is 13.8. The summed E-state index contributed by atoms with van der Waals surface area (Å²) in [7, 11) is 0. The third-order valence-electron chi connectivity index (χ3n) is 2.39. The van der Waals surface area contributed by atoms with Gasteiger partial charge in [-0.1, -0.05) is 11.6 Å². The Kier molecular flexibility index (Phi) is 3.81. The summed E-state index contributed by atoms with van der Waals surface area (Å²) in [5.74, 6) is 0.108. The number of nitrogens with two attached hydrogens (primary N) is 1. The Labute approximate surface area is 118 Å². The number of hydrogen-bond donors (Lipinski definition) is 2. The number of pyridine rings is 1. The van der Waals surface area contributed by atoms with Gasteiger partial charge in [0.1, 0.15) is 5.84 Å². The van der Waals surface area contributed by atoms with Crippen molar-refractivity contribution in [2.45, 2.75) is 0 Å². The molecule has 2 aromatic rings. The van der Waals surface area contributed by atoms with Crippen LogP contribution in [0.1, 0.15) is 5.56 Å². The van der Waals surface area contributed by atoms with E-state index in [0.29, 0.717) is 5.56 Å². The van der Waals surface area contributed by atoms with Crippen LogP contribution < -0.4 is 10.5 Å². The lowest BCUT2D eigenvalue weighted by atomic mass is 10.2. The second-order valence-electron chi connectivity index (χ2n) is 3.77. The molecule has 8 heteroatoms. The maximum atomic E-state index is 10.7. The highest BCUT2D eigenvalue weighted by molar-refractivity contribution is 6.32. The summed E-state index contributed by atoms with van der Waals surface area (Å²) in [6, 6.07) is 6.82. The molecule has 1 heterocycles. The van der Waals surface area contributed by atoms with Gasteiger partial charge in [-0.25, -0.2) is 4.98 Å². The van der Waals surface area contributed by atoms with Gasteiger partial charge in [0.15, 0.2) is 5.75 Å². The van der Waals surface area contributed by atoms with E-state index in [9.17, 15) is 10.1 Å². The molecule has 0 fully saturated rings. The number of rotatable bonds is 4. The predicted molar refractivity (Wildman–Crippen MR) is 73.4 cm³/mol. The van der Waals surface area contributed by atoms with E-state index in [2.05, 4.69) is 4.98 Å². The zero-order valence-corrected chi connectivity index (χ0v) is 10.8. The molecule has 0 aliphatic rings. The van der Waals surface area contributed by atoms with Gasteiger partial charge in [-0.2, -0.15) is 0 Å². The molecule has 3 N–H and O–H groups in total. The van der Waals surface area contributed by atoms with Crippen LogP contribution in [0.2, 0.25) is 5.02 Å². The second-order valence-corrected chi connectivity index (χ2v) is 4.18. The molecule has 0 unspecified atom stereocenters. The van der Waals surface area contributed by atoms with Gasteiger partial charge in [-0.15, -0.1) is 0 Å². The van der Waals surface area contributed by atoms with Gasteiger partial charge in [-0.3, -0.25) is 15.5 Å². The molecule has 0 saturated heterocycles. The van der Waals surface area contributed by atoms with Gasteiger partial charge < -0.3 is 10.5 Å². The number of nitrogens with zero attached hydrogens (tertiary/aromatic N) is 2. The third-order valence-corrected chi connectivity index (χ3v) is 2.70. The standard InChI is InChI=1S/C12H9ClN4O3/c13-9-2-1-8(17(18)19)6-10(9)20-11-5-7(12(14)15)3-4-16-11/h1-6H,(H3,14,15). The maximum Gasteiger partial charge on any atom is 0.273 e. The van der Waals surface area contributed by atoms with E-state index in [4.69, 9.17) is 27.5 Å². The first-order valence-electron chi connectivity index (χ1n) is 5.39. The number of nitro benzene ring substituents is 1. The van der Waals surface area contributed by atoms with Crippen molar-refractivity contribution in [1.82, 2.24) is 4.98 Å². The molecule has 1 aromatic carbocycles. The van der Waals surface area contributed by atoms with Crippen molar-refractivity contribution >= 4 is 23.1 Å². The second kappa shape index (κ2) is 5.54. The fourth-order valence-corrected chi connectivity index (χ4v) is 1.59. The molecular weight excluding hydrogens is 284 g/mol. The average molecular weight is 293 g/mol. The Hall–Kier alpha value is -2.67. The lowest BCUT2D eigenvalue weighted by Gasteiger charge is -2.07. The minimum absolute atomic E-state index is 0.106. The quantitative estimate of drug-likeness (QED) is 0.389. The van der Waals surface area contributed by atoms with E-state index in [1.165, 1.54) is 30.5 Å². The highest BCUT2D eigenvalue weighted by atomic mass is 35.5. The Balaban J connectivity index is 2.34. The van der Waals surface area contributed by atoms with Gasteiger partial charge in [-0.05, 0) is 12.1 Å². The topological polar surface area (TPSA) is 115 Å². The first-order valence-corrected chi connectivity index (χ1v) is 5.77. The van der Waals surface area contributed by atoms with Gasteiger partial charge in [0.2, 0.25) is 5.88 Å². The van der Waals surface area contributed by atoms with Crippen molar-refractivity contribution in [1.29, 1.82) is 5.41 Å². The first-order chi connectivity index (χ1) is 9.47. The van der Waals surface area contributed by atoms with Crippen LogP contribution in [0.4, 0.5) is 5.69 Å². The molecule has 20 heavy (non-hydrogen) atoms.